The number of rotatable bonds is 6. The highest BCUT2D eigenvalue weighted by Gasteiger charge is 2.04. The number of unbranched alkanes of at least 4 members (excludes halogenated alkanes) is 3. The predicted molar refractivity (Wildman–Crippen MR) is 77.0 cm³/mol. The fourth-order valence-electron chi connectivity index (χ4n) is 1.91. The molecule has 0 fully saturated rings. The number of anilines is 1. The van der Waals surface area contributed by atoms with E-state index in [0.717, 1.165) is 17.2 Å². The summed E-state index contributed by atoms with van der Waals surface area (Å²) in [5, 5.41) is 4.49. The highest BCUT2D eigenvalue weighted by Crippen LogP contribution is 2.27. The molecule has 0 aliphatic carbocycles. The van der Waals surface area contributed by atoms with Gasteiger partial charge >= 0.3 is 0 Å². The van der Waals surface area contributed by atoms with Crippen LogP contribution in [0.3, 0.4) is 0 Å². The standard InChI is InChI=1S/C14H20N2S/c1-3-4-5-6-10-15-14-16-13-11(2)8-7-9-12(13)17-14/h7-9H,3-6,10H2,1-2H3,(H,15,16). The number of nitrogens with one attached hydrogen (secondary N) is 1. The van der Waals surface area contributed by atoms with Crippen molar-refractivity contribution in [2.75, 3.05) is 11.9 Å². The second-order valence-electron chi connectivity index (χ2n) is 4.43. The summed E-state index contributed by atoms with van der Waals surface area (Å²) in [4.78, 5) is 4.64. The van der Waals surface area contributed by atoms with Crippen LogP contribution in [0.2, 0.25) is 0 Å². The number of hydrogen-bond donors (Lipinski definition) is 1. The summed E-state index contributed by atoms with van der Waals surface area (Å²) < 4.78 is 1.28. The van der Waals surface area contributed by atoms with Crippen LogP contribution in [0.4, 0.5) is 5.13 Å². The maximum atomic E-state index is 4.64. The lowest BCUT2D eigenvalue weighted by Gasteiger charge is -2.00. The Balaban J connectivity index is 1.93. The lowest BCUT2D eigenvalue weighted by atomic mass is 10.2. The van der Waals surface area contributed by atoms with Gasteiger partial charge in [0.05, 0.1) is 10.2 Å². The molecule has 0 saturated heterocycles. The summed E-state index contributed by atoms with van der Waals surface area (Å²) >= 11 is 1.75. The fourth-order valence-corrected chi connectivity index (χ4v) is 2.88. The van der Waals surface area contributed by atoms with Crippen LogP contribution in [-0.4, -0.2) is 11.5 Å². The van der Waals surface area contributed by atoms with Gasteiger partial charge in [0, 0.05) is 6.54 Å². The average Bonchev–Trinajstić information content (AvgIpc) is 2.73. The van der Waals surface area contributed by atoms with Crippen LogP contribution < -0.4 is 5.32 Å². The van der Waals surface area contributed by atoms with Gasteiger partial charge in [-0.1, -0.05) is 49.7 Å². The molecule has 1 aromatic heterocycles. The number of aromatic nitrogens is 1. The first kappa shape index (κ1) is 12.4. The third kappa shape index (κ3) is 3.19. The van der Waals surface area contributed by atoms with E-state index in [4.69, 9.17) is 0 Å². The topological polar surface area (TPSA) is 24.9 Å². The van der Waals surface area contributed by atoms with Crippen molar-refractivity contribution in [3.8, 4) is 0 Å². The Bertz CT molecular complexity index is 476. The van der Waals surface area contributed by atoms with Crippen LogP contribution in [0.25, 0.3) is 10.2 Å². The van der Waals surface area contributed by atoms with Crippen LogP contribution in [0.5, 0.6) is 0 Å². The molecule has 0 atom stereocenters. The zero-order valence-corrected chi connectivity index (χ0v) is 11.4. The number of fused-ring (bicyclic) bond motifs is 1. The monoisotopic (exact) mass is 248 g/mol. The molecule has 2 nitrogen and oxygen atoms in total. The van der Waals surface area contributed by atoms with Gasteiger partial charge in [0.2, 0.25) is 0 Å². The molecule has 0 aliphatic heterocycles. The summed E-state index contributed by atoms with van der Waals surface area (Å²) in [5.41, 5.74) is 2.41. The van der Waals surface area contributed by atoms with E-state index >= 15 is 0 Å². The number of thiazole rings is 1. The van der Waals surface area contributed by atoms with Gasteiger partial charge in [0.15, 0.2) is 5.13 Å². The van der Waals surface area contributed by atoms with E-state index in [-0.39, 0.29) is 0 Å². The third-order valence-electron chi connectivity index (χ3n) is 2.93. The Morgan fingerprint density at radius 2 is 2.12 bits per heavy atom. The largest absolute Gasteiger partial charge is 0.361 e. The van der Waals surface area contributed by atoms with Crippen molar-refractivity contribution in [3.05, 3.63) is 23.8 Å². The molecule has 1 aromatic carbocycles. The zero-order chi connectivity index (χ0) is 12.1. The molecule has 17 heavy (non-hydrogen) atoms. The van der Waals surface area contributed by atoms with Crippen molar-refractivity contribution in [2.24, 2.45) is 0 Å². The van der Waals surface area contributed by atoms with E-state index < -0.39 is 0 Å². The number of nitrogens with zero attached hydrogens (tertiary/aromatic N) is 1. The van der Waals surface area contributed by atoms with Crippen LogP contribution in [0, 0.1) is 6.92 Å². The molecule has 3 heteroatoms. The van der Waals surface area contributed by atoms with E-state index in [1.165, 1.54) is 35.9 Å². The number of benzene rings is 1. The van der Waals surface area contributed by atoms with Crippen molar-refractivity contribution < 1.29 is 0 Å². The highest BCUT2D eigenvalue weighted by atomic mass is 32.1. The van der Waals surface area contributed by atoms with Crippen molar-refractivity contribution in [2.45, 2.75) is 39.5 Å². The fraction of sp³-hybridized carbons (Fsp3) is 0.500. The minimum absolute atomic E-state index is 1.04. The van der Waals surface area contributed by atoms with E-state index in [1.807, 2.05) is 0 Å². The van der Waals surface area contributed by atoms with Crippen molar-refractivity contribution >= 4 is 26.7 Å². The summed E-state index contributed by atoms with van der Waals surface area (Å²) in [6.07, 6.45) is 5.18. The molecule has 0 aliphatic rings. The molecule has 1 N–H and O–H groups in total. The molecule has 0 spiro atoms. The summed E-state index contributed by atoms with van der Waals surface area (Å²) in [7, 11) is 0. The van der Waals surface area contributed by atoms with Gasteiger partial charge in [-0.15, -0.1) is 0 Å². The molecular weight excluding hydrogens is 228 g/mol. The summed E-state index contributed by atoms with van der Waals surface area (Å²) in [6, 6.07) is 6.36. The summed E-state index contributed by atoms with van der Waals surface area (Å²) in [5.74, 6) is 0. The second-order valence-corrected chi connectivity index (χ2v) is 5.46. The molecule has 0 saturated carbocycles. The average molecular weight is 248 g/mol. The van der Waals surface area contributed by atoms with Crippen LogP contribution >= 0.6 is 11.3 Å². The lowest BCUT2D eigenvalue weighted by molar-refractivity contribution is 0.685. The zero-order valence-electron chi connectivity index (χ0n) is 10.6. The highest BCUT2D eigenvalue weighted by molar-refractivity contribution is 7.22. The van der Waals surface area contributed by atoms with Gasteiger partial charge in [-0.05, 0) is 25.0 Å². The molecule has 0 amide bonds. The normalized spacial score (nSPS) is 10.9. The molecule has 0 radical (unpaired) electrons. The smallest absolute Gasteiger partial charge is 0.183 e. The van der Waals surface area contributed by atoms with Crippen LogP contribution in [-0.2, 0) is 0 Å². The minimum atomic E-state index is 1.04. The van der Waals surface area contributed by atoms with E-state index in [0.29, 0.717) is 0 Å². The molecule has 2 rings (SSSR count). The van der Waals surface area contributed by atoms with Crippen LogP contribution in [0.15, 0.2) is 18.2 Å². The second kappa shape index (κ2) is 6.01. The molecular formula is C14H20N2S. The molecule has 0 bridgehead atoms. The number of hydrogen-bond acceptors (Lipinski definition) is 3. The van der Waals surface area contributed by atoms with Crippen LogP contribution in [0.1, 0.15) is 38.2 Å². The van der Waals surface area contributed by atoms with E-state index in [1.54, 1.807) is 11.3 Å². The van der Waals surface area contributed by atoms with Gasteiger partial charge in [-0.3, -0.25) is 0 Å². The molecule has 2 aromatic rings. The summed E-state index contributed by atoms with van der Waals surface area (Å²) in [6.45, 7) is 5.40. The Labute approximate surface area is 107 Å². The quantitative estimate of drug-likeness (QED) is 0.756. The van der Waals surface area contributed by atoms with Gasteiger partial charge in [-0.2, -0.15) is 0 Å². The maximum absolute atomic E-state index is 4.64. The van der Waals surface area contributed by atoms with Gasteiger partial charge in [0.25, 0.3) is 0 Å². The van der Waals surface area contributed by atoms with Crippen molar-refractivity contribution in [3.63, 3.8) is 0 Å². The lowest BCUT2D eigenvalue weighted by Crippen LogP contribution is -2.00. The Morgan fingerprint density at radius 3 is 2.88 bits per heavy atom. The Kier molecular flexibility index (Phi) is 4.37. The van der Waals surface area contributed by atoms with Crippen molar-refractivity contribution in [1.82, 2.24) is 4.98 Å². The van der Waals surface area contributed by atoms with Gasteiger partial charge < -0.3 is 5.32 Å². The first-order valence-electron chi connectivity index (χ1n) is 6.41. The van der Waals surface area contributed by atoms with Crippen molar-refractivity contribution in [1.29, 1.82) is 0 Å². The number of aryl methyl sites for hydroxylation is 1. The SMILES string of the molecule is CCCCCCNc1nc2c(C)cccc2s1. The number of para-hydroxylation sites is 1. The van der Waals surface area contributed by atoms with Gasteiger partial charge in [0.1, 0.15) is 0 Å². The maximum Gasteiger partial charge on any atom is 0.183 e. The van der Waals surface area contributed by atoms with Gasteiger partial charge in [-0.25, -0.2) is 4.98 Å². The van der Waals surface area contributed by atoms with E-state index in [2.05, 4.69) is 42.3 Å². The Hall–Kier alpha value is -1.09. The molecule has 92 valence electrons. The first-order chi connectivity index (χ1) is 8.31. The first-order valence-corrected chi connectivity index (χ1v) is 7.23. The minimum Gasteiger partial charge on any atom is -0.361 e. The predicted octanol–water partition coefficient (Wildman–Crippen LogP) is 4.60. The van der Waals surface area contributed by atoms with E-state index in [9.17, 15) is 0 Å². The molecule has 0 unspecified atom stereocenters. The molecule has 1 heterocycles. The Morgan fingerprint density at radius 1 is 1.24 bits per heavy atom. The third-order valence-corrected chi connectivity index (χ3v) is 3.91.